The second kappa shape index (κ2) is 16.7. The topological polar surface area (TPSA) is 75.8 Å². The summed E-state index contributed by atoms with van der Waals surface area (Å²) in [5.74, 6) is 0.148. The summed E-state index contributed by atoms with van der Waals surface area (Å²) >= 11 is 0. The molecule has 4 rings (SSSR count). The lowest BCUT2D eigenvalue weighted by Gasteiger charge is -2.35. The number of Topliss-reactive ketones (excluding diaryl/α,β-unsaturated/α-hetero) is 1. The first-order chi connectivity index (χ1) is 21.3. The van der Waals surface area contributed by atoms with Gasteiger partial charge in [-0.15, -0.1) is 0 Å². The fraction of sp³-hybridized carbons (Fsp3) is 0.486. The zero-order valence-electron chi connectivity index (χ0n) is 30.5. The first kappa shape index (κ1) is 38.4. The Bertz CT molecular complexity index is 1590. The molecule has 0 aliphatic heterocycles. The maximum atomic E-state index is 12.3. The molecule has 0 aliphatic rings. The van der Waals surface area contributed by atoms with Gasteiger partial charge >= 0.3 is 0 Å². The molecule has 0 saturated heterocycles. The number of pyridine rings is 1. The lowest BCUT2D eigenvalue weighted by Crippen LogP contribution is -2.46. The van der Waals surface area contributed by atoms with E-state index in [1.54, 1.807) is 25.4 Å². The summed E-state index contributed by atoms with van der Waals surface area (Å²) in [6.45, 7) is 16.2. The molecule has 0 atom stereocenters. The number of allylic oxidation sites excluding steroid dienone is 1. The SMILES string of the molecule is CC(=O)c1cn(C(C)C)c2ccccc12.CC(C)n1cc(C(=O)/C=C/N(C)C)c2ccncc21.CN(C)C(OC(C)(C)C)N(C)C. The highest BCUT2D eigenvalue weighted by Gasteiger charge is 2.22. The van der Waals surface area contributed by atoms with Crippen LogP contribution in [-0.4, -0.2) is 94.6 Å². The van der Waals surface area contributed by atoms with E-state index in [2.05, 4.69) is 68.7 Å². The van der Waals surface area contributed by atoms with E-state index >= 15 is 0 Å². The normalized spacial score (nSPS) is 12.0. The number of hydrogen-bond acceptors (Lipinski definition) is 7. The van der Waals surface area contributed by atoms with Crippen molar-refractivity contribution in [2.75, 3.05) is 42.3 Å². The molecular weight excluding hydrogens is 576 g/mol. The molecular formula is C37H56N6O3. The van der Waals surface area contributed by atoms with Crippen LogP contribution < -0.4 is 0 Å². The summed E-state index contributed by atoms with van der Waals surface area (Å²) in [5.41, 5.74) is 3.58. The highest BCUT2D eigenvalue weighted by molar-refractivity contribution is 6.13. The van der Waals surface area contributed by atoms with Gasteiger partial charge in [-0.1, -0.05) is 18.2 Å². The highest BCUT2D eigenvalue weighted by atomic mass is 16.5. The maximum absolute atomic E-state index is 12.3. The first-order valence-electron chi connectivity index (χ1n) is 15.8. The van der Waals surface area contributed by atoms with Crippen molar-refractivity contribution < 1.29 is 14.3 Å². The van der Waals surface area contributed by atoms with E-state index in [9.17, 15) is 9.59 Å². The monoisotopic (exact) mass is 632 g/mol. The van der Waals surface area contributed by atoms with Crippen LogP contribution in [0.2, 0.25) is 0 Å². The van der Waals surface area contributed by atoms with Crippen LogP contribution in [-0.2, 0) is 4.74 Å². The van der Waals surface area contributed by atoms with Crippen molar-refractivity contribution in [1.82, 2.24) is 28.8 Å². The maximum Gasteiger partial charge on any atom is 0.189 e. The minimum atomic E-state index is -0.0980. The molecule has 4 aromatic rings. The van der Waals surface area contributed by atoms with Crippen LogP contribution in [0.3, 0.4) is 0 Å². The van der Waals surface area contributed by atoms with Crippen LogP contribution in [0.4, 0.5) is 0 Å². The Morgan fingerprint density at radius 3 is 1.80 bits per heavy atom. The number of nitrogens with zero attached hydrogens (tertiary/aromatic N) is 6. The number of carbonyl (C=O) groups excluding carboxylic acids is 2. The zero-order valence-corrected chi connectivity index (χ0v) is 30.5. The van der Waals surface area contributed by atoms with Gasteiger partial charge in [0.05, 0.1) is 17.3 Å². The largest absolute Gasteiger partial charge is 0.383 e. The summed E-state index contributed by atoms with van der Waals surface area (Å²) in [7, 11) is 11.8. The van der Waals surface area contributed by atoms with Crippen molar-refractivity contribution in [2.24, 2.45) is 0 Å². The van der Waals surface area contributed by atoms with Crippen LogP contribution in [0.15, 0.2) is 67.4 Å². The summed E-state index contributed by atoms with van der Waals surface area (Å²) < 4.78 is 10.0. The Morgan fingerprint density at radius 1 is 0.804 bits per heavy atom. The molecule has 9 nitrogen and oxygen atoms in total. The van der Waals surface area contributed by atoms with E-state index in [0.29, 0.717) is 12.1 Å². The van der Waals surface area contributed by atoms with Gasteiger partial charge in [0.25, 0.3) is 0 Å². The van der Waals surface area contributed by atoms with Gasteiger partial charge in [0.15, 0.2) is 17.9 Å². The Hall–Kier alpha value is -3.79. The number of rotatable bonds is 9. The third kappa shape index (κ3) is 10.6. The van der Waals surface area contributed by atoms with E-state index in [1.807, 2.05) is 99.8 Å². The number of carbonyl (C=O) groups is 2. The highest BCUT2D eigenvalue weighted by Crippen LogP contribution is 2.26. The first-order valence-corrected chi connectivity index (χ1v) is 15.8. The fourth-order valence-corrected chi connectivity index (χ4v) is 4.93. The van der Waals surface area contributed by atoms with Crippen molar-refractivity contribution in [2.45, 2.75) is 79.4 Å². The van der Waals surface area contributed by atoms with Gasteiger partial charge in [-0.2, -0.15) is 0 Å². The van der Waals surface area contributed by atoms with Crippen molar-refractivity contribution >= 4 is 33.4 Å². The Morgan fingerprint density at radius 2 is 1.33 bits per heavy atom. The zero-order chi connectivity index (χ0) is 34.9. The Labute approximate surface area is 276 Å². The molecule has 0 aliphatic carbocycles. The summed E-state index contributed by atoms with van der Waals surface area (Å²) in [4.78, 5) is 33.8. The van der Waals surface area contributed by atoms with E-state index in [1.165, 1.54) is 0 Å². The van der Waals surface area contributed by atoms with Crippen LogP contribution in [0.1, 0.15) is 88.2 Å². The second-order valence-corrected chi connectivity index (χ2v) is 13.7. The summed E-state index contributed by atoms with van der Waals surface area (Å²) in [5, 5.41) is 2.01. The smallest absolute Gasteiger partial charge is 0.189 e. The number of aromatic nitrogens is 3. The molecule has 0 spiro atoms. The number of para-hydroxylation sites is 1. The predicted octanol–water partition coefficient (Wildman–Crippen LogP) is 7.51. The molecule has 0 amide bonds. The predicted molar refractivity (Wildman–Crippen MR) is 192 cm³/mol. The molecule has 46 heavy (non-hydrogen) atoms. The molecule has 3 heterocycles. The van der Waals surface area contributed by atoms with Crippen molar-refractivity contribution in [3.05, 3.63) is 78.5 Å². The lowest BCUT2D eigenvalue weighted by molar-refractivity contribution is -0.178. The second-order valence-electron chi connectivity index (χ2n) is 13.7. The standard InChI is InChI=1S/C15H19N3O.C13H15NO.C9H22N2O/c1-11(2)18-10-13(15(19)6-8-17(3)4)12-5-7-16-9-14(12)18;1-9(2)14-8-12(10(3)15)11-6-4-5-7-13(11)14;1-9(2,3)12-8(10(4)5)11(6)7/h5-11H,1-4H3;4-9H,1-3H3;8H,1-7H3/b8-6+;;. The molecule has 0 unspecified atom stereocenters. The van der Waals surface area contributed by atoms with Crippen molar-refractivity contribution in [3.63, 3.8) is 0 Å². The molecule has 9 heteroatoms. The number of hydrogen-bond donors (Lipinski definition) is 0. The van der Waals surface area contributed by atoms with Crippen molar-refractivity contribution in [3.8, 4) is 0 Å². The van der Waals surface area contributed by atoms with Gasteiger partial charge in [0.1, 0.15) is 0 Å². The van der Waals surface area contributed by atoms with E-state index in [4.69, 9.17) is 4.74 Å². The average molecular weight is 633 g/mol. The van der Waals surface area contributed by atoms with Crippen LogP contribution >= 0.6 is 0 Å². The van der Waals surface area contributed by atoms with Crippen molar-refractivity contribution in [1.29, 1.82) is 0 Å². The minimum absolute atomic E-state index is 0.0179. The molecule has 252 valence electrons. The van der Waals surface area contributed by atoms with E-state index in [0.717, 1.165) is 32.9 Å². The van der Waals surface area contributed by atoms with Crippen LogP contribution in [0.5, 0.6) is 0 Å². The van der Waals surface area contributed by atoms with E-state index in [-0.39, 0.29) is 23.5 Å². The summed E-state index contributed by atoms with van der Waals surface area (Å²) in [6.07, 6.45) is 10.8. The van der Waals surface area contributed by atoms with Gasteiger partial charge in [-0.05, 0) is 95.7 Å². The van der Waals surface area contributed by atoms with Gasteiger partial charge in [0, 0.05) is 84.5 Å². The van der Waals surface area contributed by atoms with Crippen LogP contribution in [0, 0.1) is 0 Å². The average Bonchev–Trinajstić information content (AvgIpc) is 3.55. The fourth-order valence-electron chi connectivity index (χ4n) is 4.93. The third-order valence-electron chi connectivity index (χ3n) is 7.00. The molecule has 0 bridgehead atoms. The Kier molecular flexibility index (Phi) is 13.9. The molecule has 1 aromatic carbocycles. The summed E-state index contributed by atoms with van der Waals surface area (Å²) in [6, 6.07) is 10.6. The van der Waals surface area contributed by atoms with E-state index < -0.39 is 0 Å². The van der Waals surface area contributed by atoms with Gasteiger partial charge in [-0.3, -0.25) is 24.4 Å². The quantitative estimate of drug-likeness (QED) is 0.107. The Balaban J connectivity index is 0.000000248. The lowest BCUT2D eigenvalue weighted by atomic mass is 10.1. The van der Waals surface area contributed by atoms with Crippen LogP contribution in [0.25, 0.3) is 21.8 Å². The van der Waals surface area contributed by atoms with Gasteiger partial charge in [0.2, 0.25) is 0 Å². The molecule has 0 fully saturated rings. The number of ether oxygens (including phenoxy) is 1. The molecule has 0 saturated carbocycles. The number of fused-ring (bicyclic) bond motifs is 2. The molecule has 0 radical (unpaired) electrons. The number of benzene rings is 1. The number of ketones is 2. The minimum Gasteiger partial charge on any atom is -0.383 e. The molecule has 0 N–H and O–H groups in total. The third-order valence-corrected chi connectivity index (χ3v) is 7.00. The van der Waals surface area contributed by atoms with Gasteiger partial charge < -0.3 is 18.8 Å². The van der Waals surface area contributed by atoms with Gasteiger partial charge in [-0.25, -0.2) is 0 Å². The molecule has 3 aromatic heterocycles.